The van der Waals surface area contributed by atoms with Crippen molar-refractivity contribution in [2.24, 2.45) is 14.1 Å². The lowest BCUT2D eigenvalue weighted by atomic mass is 10.1. The van der Waals surface area contributed by atoms with Crippen molar-refractivity contribution in [2.75, 3.05) is 0 Å². The highest BCUT2D eigenvalue weighted by molar-refractivity contribution is 7.20. The summed E-state index contributed by atoms with van der Waals surface area (Å²) in [5, 5.41) is 13.2. The molecule has 1 unspecified atom stereocenters. The van der Waals surface area contributed by atoms with Crippen LogP contribution in [0.1, 0.15) is 59.0 Å². The van der Waals surface area contributed by atoms with Crippen LogP contribution in [0.15, 0.2) is 6.07 Å². The van der Waals surface area contributed by atoms with Crippen LogP contribution in [0.2, 0.25) is 0 Å². The molecule has 140 valence electrons. The maximum Gasteiger partial charge on any atom is 0.261 e. The van der Waals surface area contributed by atoms with Crippen LogP contribution in [0.3, 0.4) is 0 Å². The Morgan fingerprint density at radius 3 is 2.46 bits per heavy atom. The molecular weight excluding hydrogens is 346 g/mol. The van der Waals surface area contributed by atoms with Crippen LogP contribution >= 0.6 is 11.3 Å². The van der Waals surface area contributed by atoms with Gasteiger partial charge in [-0.2, -0.15) is 10.2 Å². The van der Waals surface area contributed by atoms with Gasteiger partial charge in [-0.15, -0.1) is 11.3 Å². The van der Waals surface area contributed by atoms with Gasteiger partial charge >= 0.3 is 0 Å². The molecule has 3 aromatic heterocycles. The fraction of sp³-hybridized carbons (Fsp3) is 0.526. The predicted molar refractivity (Wildman–Crippen MR) is 106 cm³/mol. The molecule has 3 heterocycles. The molecule has 0 aliphatic rings. The molecule has 0 radical (unpaired) electrons. The molecule has 3 aromatic rings. The van der Waals surface area contributed by atoms with Crippen LogP contribution in [0, 0.1) is 13.8 Å². The van der Waals surface area contributed by atoms with Crippen molar-refractivity contribution in [3.63, 3.8) is 0 Å². The standard InChI is InChI=1S/C19H27N5OS/c1-10(2)17-15-9-16(26-19(15)24(7)22-17)18(25)20-11(3)8-14-12(4)21-23(6)13(14)5/h9-11H,8H2,1-7H3,(H,20,25). The molecule has 0 saturated carbocycles. The molecule has 1 atom stereocenters. The smallest absolute Gasteiger partial charge is 0.261 e. The van der Waals surface area contributed by atoms with E-state index in [4.69, 9.17) is 0 Å². The Morgan fingerprint density at radius 1 is 1.19 bits per heavy atom. The minimum Gasteiger partial charge on any atom is -0.349 e. The summed E-state index contributed by atoms with van der Waals surface area (Å²) in [5.74, 6) is 0.312. The Bertz CT molecular complexity index is 963. The van der Waals surface area contributed by atoms with Crippen molar-refractivity contribution >= 4 is 27.5 Å². The van der Waals surface area contributed by atoms with Gasteiger partial charge in [0.25, 0.3) is 5.91 Å². The first-order valence-electron chi connectivity index (χ1n) is 8.95. The molecule has 0 aliphatic carbocycles. The summed E-state index contributed by atoms with van der Waals surface area (Å²) in [6.07, 6.45) is 0.779. The average Bonchev–Trinajstić information content (AvgIpc) is 3.18. The van der Waals surface area contributed by atoms with E-state index >= 15 is 0 Å². The topological polar surface area (TPSA) is 64.7 Å². The second-order valence-electron chi connectivity index (χ2n) is 7.34. The zero-order valence-electron chi connectivity index (χ0n) is 16.5. The molecule has 0 bridgehead atoms. The number of aromatic nitrogens is 4. The van der Waals surface area contributed by atoms with E-state index in [9.17, 15) is 4.79 Å². The minimum absolute atomic E-state index is 0.0207. The number of carbonyl (C=O) groups excluding carboxylic acids is 1. The normalized spacial score (nSPS) is 12.9. The Kier molecular flexibility index (Phi) is 4.92. The summed E-state index contributed by atoms with van der Waals surface area (Å²) >= 11 is 1.50. The van der Waals surface area contributed by atoms with E-state index in [1.807, 2.05) is 43.4 Å². The third-order valence-corrected chi connectivity index (χ3v) is 6.06. The van der Waals surface area contributed by atoms with Crippen LogP contribution in [0.4, 0.5) is 0 Å². The van der Waals surface area contributed by atoms with Gasteiger partial charge in [-0.3, -0.25) is 14.2 Å². The Hall–Kier alpha value is -2.15. The second-order valence-corrected chi connectivity index (χ2v) is 8.38. The lowest BCUT2D eigenvalue weighted by Crippen LogP contribution is -2.33. The van der Waals surface area contributed by atoms with Crippen LogP contribution in [-0.2, 0) is 20.5 Å². The quantitative estimate of drug-likeness (QED) is 0.745. The second kappa shape index (κ2) is 6.87. The average molecular weight is 374 g/mol. The van der Waals surface area contributed by atoms with Crippen molar-refractivity contribution < 1.29 is 4.79 Å². The van der Waals surface area contributed by atoms with Gasteiger partial charge in [0.1, 0.15) is 4.83 Å². The number of carbonyl (C=O) groups is 1. The lowest BCUT2D eigenvalue weighted by molar-refractivity contribution is 0.0944. The van der Waals surface area contributed by atoms with Gasteiger partial charge in [0.15, 0.2) is 0 Å². The van der Waals surface area contributed by atoms with Gasteiger partial charge in [-0.1, -0.05) is 13.8 Å². The Morgan fingerprint density at radius 2 is 1.88 bits per heavy atom. The highest BCUT2D eigenvalue weighted by Gasteiger charge is 2.20. The van der Waals surface area contributed by atoms with Crippen LogP contribution < -0.4 is 5.32 Å². The van der Waals surface area contributed by atoms with Gasteiger partial charge in [-0.25, -0.2) is 0 Å². The van der Waals surface area contributed by atoms with Crippen molar-refractivity contribution in [1.82, 2.24) is 24.9 Å². The SMILES string of the molecule is Cc1nn(C)c(C)c1CC(C)NC(=O)c1cc2c(C(C)C)nn(C)c2s1. The Balaban J connectivity index is 1.77. The van der Waals surface area contributed by atoms with E-state index in [2.05, 4.69) is 36.3 Å². The highest BCUT2D eigenvalue weighted by atomic mass is 32.1. The molecule has 26 heavy (non-hydrogen) atoms. The van der Waals surface area contributed by atoms with Crippen molar-refractivity contribution in [1.29, 1.82) is 0 Å². The van der Waals surface area contributed by atoms with E-state index in [-0.39, 0.29) is 11.9 Å². The number of rotatable bonds is 5. The summed E-state index contributed by atoms with van der Waals surface area (Å²) in [7, 11) is 3.88. The van der Waals surface area contributed by atoms with Gasteiger partial charge in [0.05, 0.1) is 16.3 Å². The largest absolute Gasteiger partial charge is 0.349 e. The maximum absolute atomic E-state index is 12.7. The lowest BCUT2D eigenvalue weighted by Gasteiger charge is -2.13. The minimum atomic E-state index is -0.0207. The van der Waals surface area contributed by atoms with Crippen molar-refractivity contribution in [3.8, 4) is 0 Å². The number of hydrogen-bond acceptors (Lipinski definition) is 4. The highest BCUT2D eigenvalue weighted by Crippen LogP contribution is 2.31. The predicted octanol–water partition coefficient (Wildman–Crippen LogP) is 3.47. The van der Waals surface area contributed by atoms with Gasteiger partial charge in [0.2, 0.25) is 0 Å². The van der Waals surface area contributed by atoms with Crippen molar-refractivity contribution in [3.05, 3.63) is 33.6 Å². The molecule has 0 aliphatic heterocycles. The fourth-order valence-corrected chi connectivity index (χ4v) is 4.35. The van der Waals surface area contributed by atoms with E-state index in [1.165, 1.54) is 16.9 Å². The summed E-state index contributed by atoms with van der Waals surface area (Å²) < 4.78 is 3.77. The molecule has 6 nitrogen and oxygen atoms in total. The number of nitrogens with zero attached hydrogens (tertiary/aromatic N) is 4. The van der Waals surface area contributed by atoms with E-state index in [0.717, 1.165) is 38.6 Å². The summed E-state index contributed by atoms with van der Waals surface area (Å²) in [6.45, 7) is 10.4. The molecule has 0 fully saturated rings. The van der Waals surface area contributed by atoms with Gasteiger partial charge < -0.3 is 5.32 Å². The zero-order chi connectivity index (χ0) is 19.2. The first kappa shape index (κ1) is 18.6. The number of hydrogen-bond donors (Lipinski definition) is 1. The fourth-order valence-electron chi connectivity index (χ4n) is 3.37. The number of aryl methyl sites for hydroxylation is 3. The zero-order valence-corrected chi connectivity index (χ0v) is 17.4. The molecule has 0 saturated heterocycles. The number of fused-ring (bicyclic) bond motifs is 1. The first-order chi connectivity index (χ1) is 12.2. The third kappa shape index (κ3) is 3.28. The summed E-state index contributed by atoms with van der Waals surface area (Å²) in [6, 6.07) is 2.02. The van der Waals surface area contributed by atoms with Gasteiger partial charge in [-0.05, 0) is 44.7 Å². The van der Waals surface area contributed by atoms with E-state index < -0.39 is 0 Å². The summed E-state index contributed by atoms with van der Waals surface area (Å²) in [4.78, 5) is 14.5. The molecule has 1 N–H and O–H groups in total. The molecule has 0 aromatic carbocycles. The van der Waals surface area contributed by atoms with E-state index in [0.29, 0.717) is 5.92 Å². The van der Waals surface area contributed by atoms with Crippen LogP contribution in [-0.4, -0.2) is 31.5 Å². The molecular formula is C19H27N5OS. The number of amides is 1. The van der Waals surface area contributed by atoms with Crippen LogP contribution in [0.25, 0.3) is 10.2 Å². The monoisotopic (exact) mass is 373 g/mol. The summed E-state index contributed by atoms with van der Waals surface area (Å²) in [5.41, 5.74) is 4.44. The molecule has 3 rings (SSSR count). The third-order valence-electron chi connectivity index (χ3n) is 4.86. The molecule has 0 spiro atoms. The van der Waals surface area contributed by atoms with Crippen molar-refractivity contribution in [2.45, 2.75) is 53.0 Å². The van der Waals surface area contributed by atoms with E-state index in [1.54, 1.807) is 0 Å². The molecule has 1 amide bonds. The number of nitrogens with one attached hydrogen (secondary N) is 1. The Labute approximate surface area is 158 Å². The molecule has 7 heteroatoms. The number of thiophene rings is 1. The van der Waals surface area contributed by atoms with Crippen LogP contribution in [0.5, 0.6) is 0 Å². The van der Waals surface area contributed by atoms with Gasteiger partial charge in [0, 0.05) is 31.2 Å². The maximum atomic E-state index is 12.7. The first-order valence-corrected chi connectivity index (χ1v) is 9.77.